The molecule has 0 atom stereocenters. The molecule has 5 nitrogen and oxygen atoms in total. The van der Waals surface area contributed by atoms with Gasteiger partial charge in [-0.25, -0.2) is 4.98 Å². The first kappa shape index (κ1) is 14.9. The number of hydrogen-bond acceptors (Lipinski definition) is 5. The molecule has 3 N–H and O–H groups in total. The van der Waals surface area contributed by atoms with Crippen molar-refractivity contribution in [2.75, 3.05) is 5.32 Å². The van der Waals surface area contributed by atoms with Crippen LogP contribution in [0.25, 0.3) is 0 Å². The molecule has 3 rings (SSSR count). The van der Waals surface area contributed by atoms with Gasteiger partial charge in [-0.1, -0.05) is 0 Å². The minimum Gasteiger partial charge on any atom is -0.325 e. The second-order valence-electron chi connectivity index (χ2n) is 4.55. The second kappa shape index (κ2) is 6.30. The van der Waals surface area contributed by atoms with E-state index in [1.165, 1.54) is 24.2 Å². The fourth-order valence-corrected chi connectivity index (χ4v) is 2.60. The predicted molar refractivity (Wildman–Crippen MR) is 81.4 cm³/mol. The highest BCUT2D eigenvalue weighted by Gasteiger charge is 2.26. The molecular formula is C13H15ClN4OS. The molecule has 1 aliphatic rings. The van der Waals surface area contributed by atoms with E-state index in [0.29, 0.717) is 28.9 Å². The van der Waals surface area contributed by atoms with Gasteiger partial charge in [0, 0.05) is 29.6 Å². The number of carbonyl (C=O) groups excluding carboxylic acids is 1. The Labute approximate surface area is 127 Å². The van der Waals surface area contributed by atoms with Gasteiger partial charge in [0.05, 0.1) is 11.4 Å². The Balaban J connectivity index is 0.00000147. The molecule has 1 amide bonds. The van der Waals surface area contributed by atoms with Gasteiger partial charge >= 0.3 is 0 Å². The number of rotatable bonds is 4. The van der Waals surface area contributed by atoms with Crippen molar-refractivity contribution in [3.05, 3.63) is 40.7 Å². The van der Waals surface area contributed by atoms with E-state index >= 15 is 0 Å². The molecule has 0 radical (unpaired) electrons. The van der Waals surface area contributed by atoms with E-state index in [4.69, 9.17) is 5.73 Å². The first-order chi connectivity index (χ1) is 9.26. The number of hydrogen-bond donors (Lipinski definition) is 2. The number of amides is 1. The van der Waals surface area contributed by atoms with Crippen LogP contribution in [-0.4, -0.2) is 15.9 Å². The number of anilines is 1. The fourth-order valence-electron chi connectivity index (χ4n) is 1.81. The minimum absolute atomic E-state index is 0. The lowest BCUT2D eigenvalue weighted by Crippen LogP contribution is -2.13. The highest BCUT2D eigenvalue weighted by atomic mass is 35.5. The number of thiazole rings is 1. The van der Waals surface area contributed by atoms with E-state index in [1.54, 1.807) is 18.3 Å². The summed E-state index contributed by atoms with van der Waals surface area (Å²) in [5.74, 6) is 0.431. The average molecular weight is 311 g/mol. The number of nitrogens with zero attached hydrogens (tertiary/aromatic N) is 2. The lowest BCUT2D eigenvalue weighted by Gasteiger charge is -2.03. The summed E-state index contributed by atoms with van der Waals surface area (Å²) in [4.78, 5) is 20.6. The second-order valence-corrected chi connectivity index (χ2v) is 5.40. The molecule has 0 unspecified atom stereocenters. The molecule has 0 saturated heterocycles. The summed E-state index contributed by atoms with van der Waals surface area (Å²) >= 11 is 1.47. The maximum atomic E-state index is 12.1. The average Bonchev–Trinajstić information content (AvgIpc) is 3.19. The van der Waals surface area contributed by atoms with Gasteiger partial charge in [0.1, 0.15) is 0 Å². The number of halogens is 1. The zero-order chi connectivity index (χ0) is 13.2. The molecule has 0 aliphatic heterocycles. The Bertz CT molecular complexity index is 612. The summed E-state index contributed by atoms with van der Waals surface area (Å²) in [7, 11) is 0. The van der Waals surface area contributed by atoms with Crippen LogP contribution >= 0.6 is 23.7 Å². The van der Waals surface area contributed by atoms with Crippen LogP contribution in [0.4, 0.5) is 5.13 Å². The smallest absolute Gasteiger partial charge is 0.257 e. The van der Waals surface area contributed by atoms with Gasteiger partial charge in [0.25, 0.3) is 5.91 Å². The number of carbonyl (C=O) groups is 1. The van der Waals surface area contributed by atoms with Crippen molar-refractivity contribution in [1.29, 1.82) is 0 Å². The van der Waals surface area contributed by atoms with E-state index in [0.717, 1.165) is 5.69 Å². The number of nitrogens with one attached hydrogen (secondary N) is 1. The highest BCUT2D eigenvalue weighted by molar-refractivity contribution is 7.14. The van der Waals surface area contributed by atoms with E-state index in [1.807, 2.05) is 5.38 Å². The van der Waals surface area contributed by atoms with Crippen LogP contribution < -0.4 is 11.1 Å². The predicted octanol–water partition coefficient (Wildman–Crippen LogP) is 2.55. The minimum atomic E-state index is -0.172. The molecule has 0 bridgehead atoms. The number of pyridine rings is 1. The Morgan fingerprint density at radius 3 is 3.00 bits per heavy atom. The molecule has 2 aromatic heterocycles. The van der Waals surface area contributed by atoms with Crippen molar-refractivity contribution in [3.8, 4) is 0 Å². The Kier molecular flexibility index (Phi) is 4.69. The van der Waals surface area contributed by atoms with Crippen molar-refractivity contribution in [3.63, 3.8) is 0 Å². The fraction of sp³-hybridized carbons (Fsp3) is 0.308. The topological polar surface area (TPSA) is 80.9 Å². The van der Waals surface area contributed by atoms with Gasteiger partial charge in [0.15, 0.2) is 5.13 Å². The van der Waals surface area contributed by atoms with Crippen LogP contribution in [0.1, 0.15) is 40.5 Å². The molecule has 1 aliphatic carbocycles. The zero-order valence-electron chi connectivity index (χ0n) is 10.7. The standard InChI is InChI=1S/C13H14N4OS.ClH/c14-6-10-5-9(3-4-15-10)12(18)17-13-16-11(7-19-13)8-1-2-8;/h3-5,7-8H,1-2,6,14H2,(H,16,17,18);1H. The molecule has 106 valence electrons. The summed E-state index contributed by atoms with van der Waals surface area (Å²) in [5, 5.41) is 5.48. The third-order valence-electron chi connectivity index (χ3n) is 3.03. The van der Waals surface area contributed by atoms with Crippen LogP contribution in [0.2, 0.25) is 0 Å². The molecule has 0 spiro atoms. The Morgan fingerprint density at radius 1 is 1.50 bits per heavy atom. The van der Waals surface area contributed by atoms with Gasteiger partial charge in [0.2, 0.25) is 0 Å². The van der Waals surface area contributed by atoms with Crippen LogP contribution in [0.15, 0.2) is 23.7 Å². The van der Waals surface area contributed by atoms with Crippen molar-refractivity contribution in [2.24, 2.45) is 5.73 Å². The quantitative estimate of drug-likeness (QED) is 0.909. The monoisotopic (exact) mass is 310 g/mol. The van der Waals surface area contributed by atoms with Crippen LogP contribution in [-0.2, 0) is 6.54 Å². The summed E-state index contributed by atoms with van der Waals surface area (Å²) in [6, 6.07) is 3.37. The number of nitrogens with two attached hydrogens (primary N) is 1. The zero-order valence-corrected chi connectivity index (χ0v) is 12.3. The summed E-state index contributed by atoms with van der Waals surface area (Å²) in [6.45, 7) is 0.324. The summed E-state index contributed by atoms with van der Waals surface area (Å²) in [5.41, 5.74) is 7.86. The van der Waals surface area contributed by atoms with E-state index in [2.05, 4.69) is 15.3 Å². The van der Waals surface area contributed by atoms with E-state index in [-0.39, 0.29) is 18.3 Å². The van der Waals surface area contributed by atoms with Crippen LogP contribution in [0.5, 0.6) is 0 Å². The maximum absolute atomic E-state index is 12.1. The van der Waals surface area contributed by atoms with Crippen molar-refractivity contribution >= 4 is 34.8 Å². The van der Waals surface area contributed by atoms with Gasteiger partial charge in [-0.2, -0.15) is 0 Å². The third-order valence-corrected chi connectivity index (χ3v) is 3.80. The largest absolute Gasteiger partial charge is 0.325 e. The van der Waals surface area contributed by atoms with Crippen molar-refractivity contribution in [1.82, 2.24) is 9.97 Å². The molecule has 2 heterocycles. The Hall–Kier alpha value is -1.50. The third kappa shape index (κ3) is 3.33. The van der Waals surface area contributed by atoms with Crippen LogP contribution in [0.3, 0.4) is 0 Å². The molecule has 2 aromatic rings. The van der Waals surface area contributed by atoms with Gasteiger partial charge in [-0.15, -0.1) is 23.7 Å². The van der Waals surface area contributed by atoms with Gasteiger partial charge in [-0.3, -0.25) is 15.1 Å². The Morgan fingerprint density at radius 2 is 2.30 bits per heavy atom. The van der Waals surface area contributed by atoms with Gasteiger partial charge in [-0.05, 0) is 25.0 Å². The lowest BCUT2D eigenvalue weighted by atomic mass is 10.2. The SMILES string of the molecule is Cl.NCc1cc(C(=O)Nc2nc(C3CC3)cs2)ccn1. The highest BCUT2D eigenvalue weighted by Crippen LogP contribution is 2.40. The molecular weight excluding hydrogens is 296 g/mol. The molecule has 1 saturated carbocycles. The van der Waals surface area contributed by atoms with Crippen molar-refractivity contribution < 1.29 is 4.79 Å². The lowest BCUT2D eigenvalue weighted by molar-refractivity contribution is 0.102. The van der Waals surface area contributed by atoms with Gasteiger partial charge < -0.3 is 5.73 Å². The first-order valence-corrected chi connectivity index (χ1v) is 7.06. The summed E-state index contributed by atoms with van der Waals surface area (Å²) in [6.07, 6.45) is 4.01. The molecule has 0 aromatic carbocycles. The normalized spacial score (nSPS) is 13.7. The van der Waals surface area contributed by atoms with Crippen molar-refractivity contribution in [2.45, 2.75) is 25.3 Å². The van der Waals surface area contributed by atoms with E-state index < -0.39 is 0 Å². The molecule has 7 heteroatoms. The number of aromatic nitrogens is 2. The van der Waals surface area contributed by atoms with Crippen LogP contribution in [0, 0.1) is 0 Å². The maximum Gasteiger partial charge on any atom is 0.257 e. The van der Waals surface area contributed by atoms with E-state index in [9.17, 15) is 4.79 Å². The molecule has 1 fully saturated rings. The summed E-state index contributed by atoms with van der Waals surface area (Å²) < 4.78 is 0. The first-order valence-electron chi connectivity index (χ1n) is 6.18. The molecule has 20 heavy (non-hydrogen) atoms.